The fourth-order valence-corrected chi connectivity index (χ4v) is 1.38. The van der Waals surface area contributed by atoms with Crippen LogP contribution in [0.15, 0.2) is 24.3 Å². The third-order valence-corrected chi connectivity index (χ3v) is 2.39. The van der Waals surface area contributed by atoms with E-state index >= 15 is 0 Å². The quantitative estimate of drug-likeness (QED) is 0.851. The minimum Gasteiger partial charge on any atom is -0.358 e. The van der Waals surface area contributed by atoms with E-state index in [0.29, 0.717) is 6.54 Å². The Hall–Kier alpha value is -1.91. The van der Waals surface area contributed by atoms with E-state index in [2.05, 4.69) is 5.32 Å². The lowest BCUT2D eigenvalue weighted by Crippen LogP contribution is -2.39. The molecular weight excluding hydrogens is 223 g/mol. The van der Waals surface area contributed by atoms with Gasteiger partial charge in [-0.3, -0.25) is 9.59 Å². The molecule has 4 nitrogen and oxygen atoms in total. The molecule has 0 heterocycles. The van der Waals surface area contributed by atoms with Crippen LogP contribution in [-0.4, -0.2) is 36.9 Å². The number of rotatable bonds is 4. The van der Waals surface area contributed by atoms with Crippen LogP contribution in [0.1, 0.15) is 17.3 Å². The first-order chi connectivity index (χ1) is 8.10. The number of nitrogens with one attached hydrogen (secondary N) is 1. The summed E-state index contributed by atoms with van der Waals surface area (Å²) < 4.78 is 13.4. The van der Waals surface area contributed by atoms with Crippen LogP contribution in [0.5, 0.6) is 0 Å². The Labute approximate surface area is 99.4 Å². The molecule has 0 aliphatic rings. The van der Waals surface area contributed by atoms with Gasteiger partial charge in [-0.1, -0.05) is 12.1 Å². The van der Waals surface area contributed by atoms with Gasteiger partial charge in [-0.25, -0.2) is 4.39 Å². The van der Waals surface area contributed by atoms with Crippen molar-refractivity contribution in [3.8, 4) is 0 Å². The lowest BCUT2D eigenvalue weighted by Gasteiger charge is -2.20. The summed E-state index contributed by atoms with van der Waals surface area (Å²) in [4.78, 5) is 24.4. The predicted molar refractivity (Wildman–Crippen MR) is 62.0 cm³/mol. The fraction of sp³-hybridized carbons (Fsp3) is 0.333. The van der Waals surface area contributed by atoms with Gasteiger partial charge in [0, 0.05) is 13.6 Å². The van der Waals surface area contributed by atoms with Crippen molar-refractivity contribution in [1.82, 2.24) is 10.2 Å². The van der Waals surface area contributed by atoms with E-state index in [9.17, 15) is 14.0 Å². The SMILES string of the molecule is CCN(CC(=O)NC)C(=O)c1ccccc1F. The summed E-state index contributed by atoms with van der Waals surface area (Å²) in [6.45, 7) is 2.02. The summed E-state index contributed by atoms with van der Waals surface area (Å²) in [5.41, 5.74) is -0.0155. The lowest BCUT2D eigenvalue weighted by molar-refractivity contribution is -0.121. The Morgan fingerprint density at radius 2 is 2.00 bits per heavy atom. The van der Waals surface area contributed by atoms with Gasteiger partial charge in [-0.2, -0.15) is 0 Å². The van der Waals surface area contributed by atoms with E-state index in [-0.39, 0.29) is 18.0 Å². The molecule has 0 saturated carbocycles. The van der Waals surface area contributed by atoms with E-state index in [1.807, 2.05) is 0 Å². The number of benzene rings is 1. The molecular formula is C12H15FN2O2. The topological polar surface area (TPSA) is 49.4 Å². The van der Waals surface area contributed by atoms with Crippen molar-refractivity contribution in [3.05, 3.63) is 35.6 Å². The molecule has 1 aromatic rings. The molecule has 0 spiro atoms. The predicted octanol–water partition coefficient (Wildman–Crippen LogP) is 1.03. The third kappa shape index (κ3) is 3.27. The molecule has 0 aromatic heterocycles. The molecule has 92 valence electrons. The first-order valence-electron chi connectivity index (χ1n) is 5.34. The summed E-state index contributed by atoms with van der Waals surface area (Å²) >= 11 is 0. The van der Waals surface area contributed by atoms with Crippen molar-refractivity contribution in [1.29, 1.82) is 0 Å². The van der Waals surface area contributed by atoms with Crippen LogP contribution in [0.25, 0.3) is 0 Å². The number of carbonyl (C=O) groups is 2. The number of hydrogen-bond acceptors (Lipinski definition) is 2. The largest absolute Gasteiger partial charge is 0.358 e. The molecule has 0 radical (unpaired) electrons. The van der Waals surface area contributed by atoms with Crippen LogP contribution in [0.4, 0.5) is 4.39 Å². The summed E-state index contributed by atoms with van der Waals surface area (Å²) in [6, 6.07) is 5.73. The van der Waals surface area contributed by atoms with Crippen molar-refractivity contribution in [2.45, 2.75) is 6.92 Å². The van der Waals surface area contributed by atoms with Gasteiger partial charge in [-0.05, 0) is 19.1 Å². The fourth-order valence-electron chi connectivity index (χ4n) is 1.38. The number of nitrogens with zero attached hydrogens (tertiary/aromatic N) is 1. The molecule has 5 heteroatoms. The molecule has 0 aliphatic heterocycles. The first-order valence-corrected chi connectivity index (χ1v) is 5.34. The van der Waals surface area contributed by atoms with Gasteiger partial charge in [0.1, 0.15) is 5.82 Å². The molecule has 0 fully saturated rings. The zero-order chi connectivity index (χ0) is 12.8. The summed E-state index contributed by atoms with van der Waals surface area (Å²) in [5, 5.41) is 2.42. The Bertz CT molecular complexity index is 421. The highest BCUT2D eigenvalue weighted by molar-refractivity contribution is 5.96. The van der Waals surface area contributed by atoms with Crippen LogP contribution in [0.3, 0.4) is 0 Å². The zero-order valence-corrected chi connectivity index (χ0v) is 9.87. The minimum absolute atomic E-state index is 0.0155. The Morgan fingerprint density at radius 3 is 2.53 bits per heavy atom. The molecule has 1 aromatic carbocycles. The highest BCUT2D eigenvalue weighted by Gasteiger charge is 2.19. The number of halogens is 1. The highest BCUT2D eigenvalue weighted by atomic mass is 19.1. The number of carbonyl (C=O) groups excluding carboxylic acids is 2. The molecule has 0 aliphatic carbocycles. The summed E-state index contributed by atoms with van der Waals surface area (Å²) in [7, 11) is 1.49. The van der Waals surface area contributed by atoms with Crippen LogP contribution >= 0.6 is 0 Å². The Morgan fingerprint density at radius 1 is 1.35 bits per heavy atom. The van der Waals surface area contributed by atoms with Crippen LogP contribution < -0.4 is 5.32 Å². The van der Waals surface area contributed by atoms with Gasteiger partial charge in [0.15, 0.2) is 0 Å². The van der Waals surface area contributed by atoms with Crippen molar-refractivity contribution < 1.29 is 14.0 Å². The molecule has 0 bridgehead atoms. The molecule has 0 atom stereocenters. The second-order valence-corrected chi connectivity index (χ2v) is 3.47. The van der Waals surface area contributed by atoms with E-state index < -0.39 is 11.7 Å². The van der Waals surface area contributed by atoms with E-state index in [4.69, 9.17) is 0 Å². The molecule has 2 amide bonds. The molecule has 1 N–H and O–H groups in total. The number of hydrogen-bond donors (Lipinski definition) is 1. The van der Waals surface area contributed by atoms with Crippen LogP contribution in [0.2, 0.25) is 0 Å². The summed E-state index contributed by atoms with van der Waals surface area (Å²) in [5.74, 6) is -1.33. The van der Waals surface area contributed by atoms with Crippen LogP contribution in [-0.2, 0) is 4.79 Å². The number of likely N-dealkylation sites (N-methyl/N-ethyl adjacent to an activating group) is 2. The average Bonchev–Trinajstić information content (AvgIpc) is 2.35. The standard InChI is InChI=1S/C12H15FN2O2/c1-3-15(8-11(16)14-2)12(17)9-6-4-5-7-10(9)13/h4-7H,3,8H2,1-2H3,(H,14,16). The Balaban J connectivity index is 2.87. The van der Waals surface area contributed by atoms with Gasteiger partial charge in [0.2, 0.25) is 5.91 Å². The van der Waals surface area contributed by atoms with Crippen LogP contribution in [0, 0.1) is 5.82 Å². The van der Waals surface area contributed by atoms with E-state index in [0.717, 1.165) is 0 Å². The smallest absolute Gasteiger partial charge is 0.257 e. The van der Waals surface area contributed by atoms with E-state index in [1.165, 1.54) is 30.1 Å². The summed E-state index contributed by atoms with van der Waals surface area (Å²) in [6.07, 6.45) is 0. The molecule has 1 rings (SSSR count). The van der Waals surface area contributed by atoms with Crippen molar-refractivity contribution in [2.75, 3.05) is 20.1 Å². The second-order valence-electron chi connectivity index (χ2n) is 3.47. The van der Waals surface area contributed by atoms with Gasteiger partial charge in [-0.15, -0.1) is 0 Å². The highest BCUT2D eigenvalue weighted by Crippen LogP contribution is 2.09. The van der Waals surface area contributed by atoms with Crippen molar-refractivity contribution >= 4 is 11.8 Å². The monoisotopic (exact) mass is 238 g/mol. The average molecular weight is 238 g/mol. The van der Waals surface area contributed by atoms with Crippen molar-refractivity contribution in [2.24, 2.45) is 0 Å². The zero-order valence-electron chi connectivity index (χ0n) is 9.87. The van der Waals surface area contributed by atoms with Gasteiger partial charge >= 0.3 is 0 Å². The lowest BCUT2D eigenvalue weighted by atomic mass is 10.2. The number of amides is 2. The maximum absolute atomic E-state index is 13.4. The van der Waals surface area contributed by atoms with Gasteiger partial charge < -0.3 is 10.2 Å². The van der Waals surface area contributed by atoms with Crippen molar-refractivity contribution in [3.63, 3.8) is 0 Å². The maximum atomic E-state index is 13.4. The maximum Gasteiger partial charge on any atom is 0.257 e. The molecule has 0 unspecified atom stereocenters. The Kier molecular flexibility index (Phi) is 4.63. The van der Waals surface area contributed by atoms with Gasteiger partial charge in [0.05, 0.1) is 12.1 Å². The van der Waals surface area contributed by atoms with E-state index in [1.54, 1.807) is 13.0 Å². The molecule has 0 saturated heterocycles. The van der Waals surface area contributed by atoms with Gasteiger partial charge in [0.25, 0.3) is 5.91 Å². The normalized spacial score (nSPS) is 9.82. The second kappa shape index (κ2) is 5.98. The first kappa shape index (κ1) is 13.2. The molecule has 17 heavy (non-hydrogen) atoms. The minimum atomic E-state index is -0.576. The third-order valence-electron chi connectivity index (χ3n) is 2.39.